The Morgan fingerprint density at radius 1 is 1.19 bits per heavy atom. The van der Waals surface area contributed by atoms with Crippen molar-refractivity contribution in [2.24, 2.45) is 18.9 Å². The number of hydrogen-bond donors (Lipinski definition) is 2. The van der Waals surface area contributed by atoms with E-state index in [0.717, 1.165) is 13.1 Å². The lowest BCUT2D eigenvalue weighted by atomic mass is 10.1. The summed E-state index contributed by atoms with van der Waals surface area (Å²) in [5, 5.41) is 19.4. The van der Waals surface area contributed by atoms with Crippen molar-refractivity contribution in [1.29, 1.82) is 0 Å². The zero-order valence-corrected chi connectivity index (χ0v) is 13.8. The maximum absolute atomic E-state index is 11.8. The predicted octanol–water partition coefficient (Wildman–Crippen LogP) is 1.70. The molecule has 120 valence electrons. The van der Waals surface area contributed by atoms with Crippen LogP contribution < -0.4 is 5.43 Å². The molecule has 0 aliphatic carbocycles. The number of aliphatic hydroxyl groups is 1. The summed E-state index contributed by atoms with van der Waals surface area (Å²) in [6, 6.07) is 1.29. The van der Waals surface area contributed by atoms with Crippen LogP contribution in [0.4, 0.5) is 0 Å². The number of hydrogen-bond acceptors (Lipinski definition) is 4. The molecular weight excluding hydrogens is 268 g/mol. The average molecular weight is 296 g/mol. The third-order valence-electron chi connectivity index (χ3n) is 3.42. The van der Waals surface area contributed by atoms with Gasteiger partial charge in [0.15, 0.2) is 5.75 Å². The van der Waals surface area contributed by atoms with Crippen molar-refractivity contribution >= 4 is 0 Å². The molecular formula is C16H28N2O3. The van der Waals surface area contributed by atoms with Gasteiger partial charge in [-0.2, -0.15) is 0 Å². The molecule has 0 bridgehead atoms. The smallest absolute Gasteiger partial charge is 0.223 e. The van der Waals surface area contributed by atoms with Gasteiger partial charge in [-0.1, -0.05) is 27.7 Å². The highest BCUT2D eigenvalue weighted by Crippen LogP contribution is 2.17. The maximum atomic E-state index is 11.8. The Bertz CT molecular complexity index is 511. The second-order valence-corrected chi connectivity index (χ2v) is 6.49. The van der Waals surface area contributed by atoms with Crippen LogP contribution >= 0.6 is 0 Å². The summed E-state index contributed by atoms with van der Waals surface area (Å²) in [6.07, 6.45) is 0. The number of aliphatic hydroxyl groups excluding tert-OH is 1. The van der Waals surface area contributed by atoms with E-state index in [-0.39, 0.29) is 12.4 Å². The Balaban J connectivity index is 3.13. The third kappa shape index (κ3) is 4.86. The molecule has 21 heavy (non-hydrogen) atoms. The largest absolute Gasteiger partial charge is 0.503 e. The number of aromatic hydroxyl groups is 1. The first kappa shape index (κ1) is 17.7. The Kier molecular flexibility index (Phi) is 6.42. The second-order valence-electron chi connectivity index (χ2n) is 6.49. The molecule has 0 aliphatic heterocycles. The lowest BCUT2D eigenvalue weighted by Crippen LogP contribution is -2.33. The fraction of sp³-hybridized carbons (Fsp3) is 0.688. The quantitative estimate of drug-likeness (QED) is 0.804. The van der Waals surface area contributed by atoms with Crippen LogP contribution in [0.25, 0.3) is 0 Å². The van der Waals surface area contributed by atoms with Gasteiger partial charge < -0.3 is 14.8 Å². The molecule has 0 fully saturated rings. The van der Waals surface area contributed by atoms with E-state index in [4.69, 9.17) is 0 Å². The molecule has 1 aromatic rings. The van der Waals surface area contributed by atoms with Crippen molar-refractivity contribution in [3.8, 4) is 5.75 Å². The van der Waals surface area contributed by atoms with E-state index in [2.05, 4.69) is 32.6 Å². The van der Waals surface area contributed by atoms with Gasteiger partial charge in [-0.3, -0.25) is 9.69 Å². The second kappa shape index (κ2) is 7.61. The SMILES string of the molecule is CC(C)CN(Cc1c(O)c(=O)cc(CO)n1C)CC(C)C. The topological polar surface area (TPSA) is 65.7 Å². The summed E-state index contributed by atoms with van der Waals surface area (Å²) < 4.78 is 1.71. The number of aromatic nitrogens is 1. The molecule has 1 heterocycles. The Morgan fingerprint density at radius 2 is 1.71 bits per heavy atom. The Hall–Kier alpha value is -1.33. The van der Waals surface area contributed by atoms with Gasteiger partial charge in [0.1, 0.15) is 0 Å². The van der Waals surface area contributed by atoms with Gasteiger partial charge in [-0.25, -0.2) is 0 Å². The van der Waals surface area contributed by atoms with Gasteiger partial charge in [0.05, 0.1) is 12.3 Å². The lowest BCUT2D eigenvalue weighted by molar-refractivity contribution is 0.202. The summed E-state index contributed by atoms with van der Waals surface area (Å²) in [5.74, 6) is 0.792. The van der Waals surface area contributed by atoms with Crippen molar-refractivity contribution in [2.45, 2.75) is 40.8 Å². The first-order valence-electron chi connectivity index (χ1n) is 7.50. The fourth-order valence-electron chi connectivity index (χ4n) is 2.57. The highest BCUT2D eigenvalue weighted by molar-refractivity contribution is 5.29. The minimum atomic E-state index is -0.429. The van der Waals surface area contributed by atoms with Gasteiger partial charge in [-0.15, -0.1) is 0 Å². The van der Waals surface area contributed by atoms with Crippen molar-refractivity contribution < 1.29 is 10.2 Å². The normalized spacial score (nSPS) is 11.9. The maximum Gasteiger partial charge on any atom is 0.223 e. The molecule has 5 nitrogen and oxygen atoms in total. The van der Waals surface area contributed by atoms with Gasteiger partial charge in [0.25, 0.3) is 0 Å². The number of rotatable bonds is 7. The lowest BCUT2D eigenvalue weighted by Gasteiger charge is -2.27. The highest BCUT2D eigenvalue weighted by Gasteiger charge is 2.17. The molecule has 5 heteroatoms. The third-order valence-corrected chi connectivity index (χ3v) is 3.42. The molecule has 0 aromatic carbocycles. The van der Waals surface area contributed by atoms with Crippen molar-refractivity contribution in [2.75, 3.05) is 13.1 Å². The first-order valence-corrected chi connectivity index (χ1v) is 7.50. The van der Waals surface area contributed by atoms with Crippen LogP contribution in [0.1, 0.15) is 39.1 Å². The number of nitrogens with zero attached hydrogens (tertiary/aromatic N) is 2. The number of pyridine rings is 1. The monoisotopic (exact) mass is 296 g/mol. The molecule has 0 aliphatic rings. The van der Waals surface area contributed by atoms with E-state index >= 15 is 0 Å². The molecule has 0 saturated heterocycles. The Morgan fingerprint density at radius 3 is 2.14 bits per heavy atom. The van der Waals surface area contributed by atoms with E-state index in [1.54, 1.807) is 11.6 Å². The zero-order valence-electron chi connectivity index (χ0n) is 13.8. The molecule has 0 unspecified atom stereocenters. The van der Waals surface area contributed by atoms with Gasteiger partial charge in [-0.05, 0) is 11.8 Å². The van der Waals surface area contributed by atoms with Gasteiger partial charge in [0, 0.05) is 38.4 Å². The summed E-state index contributed by atoms with van der Waals surface area (Å²) in [5.41, 5.74) is 0.649. The van der Waals surface area contributed by atoms with Gasteiger partial charge >= 0.3 is 0 Å². The van der Waals surface area contributed by atoms with E-state index in [1.807, 2.05) is 0 Å². The molecule has 0 spiro atoms. The molecule has 0 radical (unpaired) electrons. The van der Waals surface area contributed by atoms with Crippen LogP contribution in [-0.2, 0) is 20.2 Å². The van der Waals surface area contributed by atoms with Crippen molar-refractivity contribution in [1.82, 2.24) is 9.47 Å². The predicted molar refractivity (Wildman–Crippen MR) is 84.2 cm³/mol. The molecule has 1 aromatic heterocycles. The molecule has 0 saturated carbocycles. The molecule has 0 amide bonds. The van der Waals surface area contributed by atoms with Crippen molar-refractivity contribution in [3.63, 3.8) is 0 Å². The Labute approximate surface area is 126 Å². The summed E-state index contributed by atoms with van der Waals surface area (Å²) in [6.45, 7) is 10.7. The average Bonchev–Trinajstić information content (AvgIpc) is 2.37. The van der Waals surface area contributed by atoms with Crippen LogP contribution in [0.15, 0.2) is 10.9 Å². The van der Waals surface area contributed by atoms with Gasteiger partial charge in [0.2, 0.25) is 5.43 Å². The van der Waals surface area contributed by atoms with E-state index in [0.29, 0.717) is 29.8 Å². The zero-order chi connectivity index (χ0) is 16.2. The van der Waals surface area contributed by atoms with Crippen LogP contribution in [-0.4, -0.2) is 32.8 Å². The van der Waals surface area contributed by atoms with Crippen LogP contribution in [0.2, 0.25) is 0 Å². The van der Waals surface area contributed by atoms with Crippen LogP contribution in [0, 0.1) is 11.8 Å². The summed E-state index contributed by atoms with van der Waals surface area (Å²) in [4.78, 5) is 14.0. The molecule has 0 atom stereocenters. The standard InChI is InChI=1S/C16H28N2O3/c1-11(2)7-18(8-12(3)4)9-14-16(21)15(20)6-13(10-19)17(14)5/h6,11-12,19,21H,7-10H2,1-5H3. The van der Waals surface area contributed by atoms with E-state index in [1.165, 1.54) is 6.07 Å². The molecule has 1 rings (SSSR count). The van der Waals surface area contributed by atoms with E-state index in [9.17, 15) is 15.0 Å². The summed E-state index contributed by atoms with van der Waals surface area (Å²) >= 11 is 0. The first-order chi connectivity index (χ1) is 9.76. The summed E-state index contributed by atoms with van der Waals surface area (Å²) in [7, 11) is 1.77. The van der Waals surface area contributed by atoms with Crippen LogP contribution in [0.3, 0.4) is 0 Å². The van der Waals surface area contributed by atoms with Crippen molar-refractivity contribution in [3.05, 3.63) is 27.7 Å². The fourth-order valence-corrected chi connectivity index (χ4v) is 2.57. The molecule has 2 N–H and O–H groups in total. The minimum absolute atomic E-state index is 0.215. The van der Waals surface area contributed by atoms with Crippen LogP contribution in [0.5, 0.6) is 5.75 Å². The van der Waals surface area contributed by atoms with E-state index < -0.39 is 5.43 Å². The minimum Gasteiger partial charge on any atom is -0.503 e. The highest BCUT2D eigenvalue weighted by atomic mass is 16.3.